The van der Waals surface area contributed by atoms with E-state index in [1.807, 2.05) is 12.1 Å². The zero-order valence-electron chi connectivity index (χ0n) is 27.5. The fraction of sp³-hybridized carbons (Fsp3) is 0.0426. The van der Waals surface area contributed by atoms with Crippen LogP contribution in [0.5, 0.6) is 0 Å². The largest absolute Gasteiger partial charge is 0.211 e. The molecule has 11 rings (SSSR count). The van der Waals surface area contributed by atoms with Crippen LogP contribution in [0.2, 0.25) is 0 Å². The first kappa shape index (κ1) is 29.9. The van der Waals surface area contributed by atoms with E-state index in [4.69, 9.17) is 15.0 Å². The number of hydrogen-bond donors (Lipinski definition) is 0. The van der Waals surface area contributed by atoms with Gasteiger partial charge in [-0.2, -0.15) is 0 Å². The van der Waals surface area contributed by atoms with E-state index in [0.717, 1.165) is 22.3 Å². The molecule has 3 nitrogen and oxygen atoms in total. The molecule has 0 fully saturated rings. The van der Waals surface area contributed by atoms with Crippen molar-refractivity contribution in [3.05, 3.63) is 221 Å². The van der Waals surface area contributed by atoms with Crippen molar-refractivity contribution in [1.82, 2.24) is 15.0 Å². The number of nitrogens with zero attached hydrogens (tertiary/aromatic N) is 3. The maximum atomic E-state index is 5.47. The molecule has 0 saturated carbocycles. The lowest BCUT2D eigenvalue weighted by molar-refractivity contribution is 0.579. The minimum absolute atomic E-state index is 0.488. The highest BCUT2D eigenvalue weighted by molar-refractivity contribution is 9.10. The van der Waals surface area contributed by atoms with Gasteiger partial charge < -0.3 is 0 Å². The molecule has 0 N–H and O–H groups in total. The lowest BCUT2D eigenvalue weighted by atomic mass is 9.52. The molecule has 0 unspecified atom stereocenters. The summed E-state index contributed by atoms with van der Waals surface area (Å²) in [6, 6.07) is 64.3. The molecule has 51 heavy (non-hydrogen) atoms. The molecule has 0 radical (unpaired) electrons. The van der Waals surface area contributed by atoms with E-state index < -0.39 is 9.74 Å². The van der Waals surface area contributed by atoms with Crippen LogP contribution >= 0.6 is 15.9 Å². The number of alkyl halides is 1. The number of halogens is 1. The molecule has 0 spiro atoms. The standard InChI is InChI=1S/C47H30BrN3/c48-47-40-20-10-7-17-37(40)46(38-18-8-11-21-41(38)47,39-19-9-12-22-42(39)47)45-50-43(35-27-23-33(24-28-35)31-13-3-1-4-14-31)49-44(51-45)36-29-25-34(26-30-36)32-15-5-2-6-16-32/h1-30H. The topological polar surface area (TPSA) is 38.7 Å². The second kappa shape index (κ2) is 11.5. The summed E-state index contributed by atoms with van der Waals surface area (Å²) in [6.07, 6.45) is 0. The third kappa shape index (κ3) is 4.40. The van der Waals surface area contributed by atoms with Gasteiger partial charge in [-0.25, -0.2) is 15.0 Å². The molecule has 3 aliphatic carbocycles. The second-order valence-corrected chi connectivity index (χ2v) is 14.4. The highest BCUT2D eigenvalue weighted by atomic mass is 79.9. The fourth-order valence-electron chi connectivity index (χ4n) is 8.25. The highest BCUT2D eigenvalue weighted by Crippen LogP contribution is 2.65. The van der Waals surface area contributed by atoms with E-state index in [9.17, 15) is 0 Å². The Hall–Kier alpha value is -5.97. The molecule has 0 atom stereocenters. The molecule has 4 heteroatoms. The van der Waals surface area contributed by atoms with E-state index in [1.165, 1.54) is 44.5 Å². The number of hydrogen-bond acceptors (Lipinski definition) is 3. The summed E-state index contributed by atoms with van der Waals surface area (Å²) in [5.74, 6) is 2.00. The Morgan fingerprint density at radius 1 is 0.294 bits per heavy atom. The summed E-state index contributed by atoms with van der Waals surface area (Å²) >= 11 is 4.33. The van der Waals surface area contributed by atoms with Crippen molar-refractivity contribution in [2.24, 2.45) is 0 Å². The molecule has 7 aromatic carbocycles. The van der Waals surface area contributed by atoms with Crippen LogP contribution in [0, 0.1) is 0 Å². The van der Waals surface area contributed by atoms with Gasteiger partial charge in [0.2, 0.25) is 0 Å². The normalized spacial score (nSPS) is 18.1. The van der Waals surface area contributed by atoms with Crippen LogP contribution in [0.1, 0.15) is 39.2 Å². The SMILES string of the molecule is BrC12c3ccccc3C(c3nc(-c4ccc(-c5ccccc5)cc4)nc(-c4ccc(-c5ccccc5)cc4)n3)(c3ccccc31)c1ccccc12. The zero-order valence-corrected chi connectivity index (χ0v) is 29.1. The van der Waals surface area contributed by atoms with Gasteiger partial charge in [0.25, 0.3) is 0 Å². The Labute approximate surface area is 305 Å². The van der Waals surface area contributed by atoms with Crippen molar-refractivity contribution < 1.29 is 0 Å². The van der Waals surface area contributed by atoms with Crippen LogP contribution in [-0.2, 0) is 9.74 Å². The van der Waals surface area contributed by atoms with E-state index in [0.29, 0.717) is 17.5 Å². The quantitative estimate of drug-likeness (QED) is 0.167. The van der Waals surface area contributed by atoms with E-state index in [-0.39, 0.29) is 0 Å². The first-order valence-corrected chi connectivity index (χ1v) is 18.0. The highest BCUT2D eigenvalue weighted by Gasteiger charge is 2.60. The van der Waals surface area contributed by atoms with Gasteiger partial charge in [-0.05, 0) is 55.6 Å². The summed E-state index contributed by atoms with van der Waals surface area (Å²) in [7, 11) is 0. The molecule has 8 aromatic rings. The van der Waals surface area contributed by atoms with Crippen molar-refractivity contribution in [1.29, 1.82) is 0 Å². The van der Waals surface area contributed by atoms with Crippen molar-refractivity contribution in [3.8, 4) is 45.0 Å². The summed E-state index contributed by atoms with van der Waals surface area (Å²) in [4.78, 5) is 16.1. The molecule has 240 valence electrons. The summed E-state index contributed by atoms with van der Waals surface area (Å²) in [6.45, 7) is 0. The van der Waals surface area contributed by atoms with Crippen LogP contribution in [0.25, 0.3) is 45.0 Å². The second-order valence-electron chi connectivity index (χ2n) is 13.2. The fourth-order valence-corrected chi connectivity index (χ4v) is 9.29. The third-order valence-corrected chi connectivity index (χ3v) is 11.9. The average Bonchev–Trinajstić information content (AvgIpc) is 3.22. The van der Waals surface area contributed by atoms with Gasteiger partial charge in [-0.15, -0.1) is 0 Å². The van der Waals surface area contributed by atoms with Crippen molar-refractivity contribution in [3.63, 3.8) is 0 Å². The van der Waals surface area contributed by atoms with E-state index >= 15 is 0 Å². The lowest BCUT2D eigenvalue weighted by Gasteiger charge is -2.53. The van der Waals surface area contributed by atoms with Gasteiger partial charge in [0.15, 0.2) is 17.5 Å². The molecular formula is C47H30BrN3. The predicted octanol–water partition coefficient (Wildman–Crippen LogP) is 11.2. The first-order valence-electron chi connectivity index (χ1n) is 17.2. The first-order chi connectivity index (χ1) is 25.2. The van der Waals surface area contributed by atoms with E-state index in [1.54, 1.807) is 0 Å². The molecule has 2 bridgehead atoms. The van der Waals surface area contributed by atoms with Gasteiger partial charge in [0.05, 0.1) is 0 Å². The Balaban J connectivity index is 1.24. The molecule has 0 saturated heterocycles. The summed E-state index contributed by atoms with van der Waals surface area (Å²) < 4.78 is -0.488. The Morgan fingerprint density at radius 2 is 0.588 bits per heavy atom. The molecule has 3 aliphatic rings. The van der Waals surface area contributed by atoms with Crippen molar-refractivity contribution in [2.45, 2.75) is 9.74 Å². The minimum atomic E-state index is -0.764. The molecular weight excluding hydrogens is 686 g/mol. The molecule has 1 heterocycles. The Bertz CT molecular complexity index is 2360. The molecule has 0 amide bonds. The number of rotatable bonds is 5. The van der Waals surface area contributed by atoms with Crippen LogP contribution in [0.15, 0.2) is 182 Å². The molecule has 1 aromatic heterocycles. The zero-order chi connectivity index (χ0) is 34.0. The third-order valence-electron chi connectivity index (χ3n) is 10.6. The van der Waals surface area contributed by atoms with Gasteiger partial charge in [-0.1, -0.05) is 198 Å². The number of aromatic nitrogens is 3. The van der Waals surface area contributed by atoms with Crippen LogP contribution in [0.4, 0.5) is 0 Å². The smallest absolute Gasteiger partial charge is 0.163 e. The van der Waals surface area contributed by atoms with Gasteiger partial charge in [-0.3, -0.25) is 0 Å². The Kier molecular flexibility index (Phi) is 6.77. The van der Waals surface area contributed by atoms with E-state index in [2.05, 4.69) is 186 Å². The maximum Gasteiger partial charge on any atom is 0.163 e. The van der Waals surface area contributed by atoms with Crippen LogP contribution < -0.4 is 0 Å². The van der Waals surface area contributed by atoms with Gasteiger partial charge >= 0.3 is 0 Å². The van der Waals surface area contributed by atoms with Gasteiger partial charge in [0.1, 0.15) is 9.74 Å². The van der Waals surface area contributed by atoms with Crippen molar-refractivity contribution in [2.75, 3.05) is 0 Å². The monoisotopic (exact) mass is 715 g/mol. The summed E-state index contributed by atoms with van der Waals surface area (Å²) in [5, 5.41) is 0. The average molecular weight is 717 g/mol. The minimum Gasteiger partial charge on any atom is -0.211 e. The Morgan fingerprint density at radius 3 is 0.961 bits per heavy atom. The summed E-state index contributed by atoms with van der Waals surface area (Å²) in [5.41, 5.74) is 12.9. The lowest BCUT2D eigenvalue weighted by Crippen LogP contribution is -2.49. The maximum absolute atomic E-state index is 5.47. The van der Waals surface area contributed by atoms with Crippen LogP contribution in [0.3, 0.4) is 0 Å². The van der Waals surface area contributed by atoms with Gasteiger partial charge in [0, 0.05) is 11.1 Å². The van der Waals surface area contributed by atoms with Crippen LogP contribution in [-0.4, -0.2) is 15.0 Å². The molecule has 0 aliphatic heterocycles. The predicted molar refractivity (Wildman–Crippen MR) is 209 cm³/mol. The van der Waals surface area contributed by atoms with Crippen molar-refractivity contribution >= 4 is 15.9 Å². The number of benzene rings is 7.